The third-order valence-corrected chi connectivity index (χ3v) is 3.91. The highest BCUT2D eigenvalue weighted by atomic mass is 19.4. The predicted octanol–water partition coefficient (Wildman–Crippen LogP) is 2.71. The molecule has 1 aromatic rings. The number of alkyl halides is 3. The molecule has 118 valence electrons. The Morgan fingerprint density at radius 1 is 1.48 bits per heavy atom. The molecule has 2 atom stereocenters. The normalized spacial score (nSPS) is 21.4. The van der Waals surface area contributed by atoms with Crippen molar-refractivity contribution in [2.75, 3.05) is 24.5 Å². The van der Waals surface area contributed by atoms with Crippen LogP contribution in [0.15, 0.2) is 12.3 Å². The lowest BCUT2D eigenvalue weighted by atomic mass is 9.92. The molecule has 1 fully saturated rings. The molecular weight excluding hydrogens is 281 g/mol. The van der Waals surface area contributed by atoms with Gasteiger partial charge in [0.05, 0.1) is 0 Å². The van der Waals surface area contributed by atoms with Crippen LogP contribution in [0.4, 0.5) is 19.1 Å². The molecule has 2 unspecified atom stereocenters. The molecule has 2 rings (SSSR count). The topological polar surface area (TPSA) is 41.0 Å². The van der Waals surface area contributed by atoms with E-state index in [4.69, 9.17) is 0 Å². The molecule has 1 N–H and O–H groups in total. The Morgan fingerprint density at radius 3 is 2.90 bits per heavy atom. The fourth-order valence-corrected chi connectivity index (χ4v) is 2.75. The first kappa shape index (κ1) is 16.0. The fraction of sp³-hybridized carbons (Fsp3) is 0.714. The van der Waals surface area contributed by atoms with Gasteiger partial charge in [-0.25, -0.2) is 9.97 Å². The number of nitrogens with one attached hydrogen (secondary N) is 1. The van der Waals surface area contributed by atoms with E-state index in [1.807, 2.05) is 11.8 Å². The molecule has 0 bridgehead atoms. The highest BCUT2D eigenvalue weighted by Crippen LogP contribution is 2.29. The third-order valence-electron chi connectivity index (χ3n) is 3.91. The predicted molar refractivity (Wildman–Crippen MR) is 75.1 cm³/mol. The van der Waals surface area contributed by atoms with Crippen molar-refractivity contribution in [3.05, 3.63) is 18.0 Å². The van der Waals surface area contributed by atoms with Crippen molar-refractivity contribution in [2.24, 2.45) is 5.92 Å². The highest BCUT2D eigenvalue weighted by molar-refractivity contribution is 5.31. The van der Waals surface area contributed by atoms with Gasteiger partial charge in [0.2, 0.25) is 5.95 Å². The average molecular weight is 302 g/mol. The van der Waals surface area contributed by atoms with E-state index in [0.29, 0.717) is 25.0 Å². The van der Waals surface area contributed by atoms with E-state index in [0.717, 1.165) is 25.5 Å². The minimum atomic E-state index is -4.43. The summed E-state index contributed by atoms with van der Waals surface area (Å²) in [6, 6.07) is 1.25. The van der Waals surface area contributed by atoms with Crippen LogP contribution in [0.5, 0.6) is 0 Å². The summed E-state index contributed by atoms with van der Waals surface area (Å²) in [6.45, 7) is 6.45. The van der Waals surface area contributed by atoms with E-state index in [9.17, 15) is 13.2 Å². The number of aromatic nitrogens is 2. The molecule has 1 aliphatic heterocycles. The first-order chi connectivity index (χ1) is 9.91. The molecule has 7 heteroatoms. The van der Waals surface area contributed by atoms with Gasteiger partial charge in [0.15, 0.2) is 0 Å². The summed E-state index contributed by atoms with van der Waals surface area (Å²) >= 11 is 0. The van der Waals surface area contributed by atoms with Gasteiger partial charge in [0.25, 0.3) is 0 Å². The van der Waals surface area contributed by atoms with Gasteiger partial charge < -0.3 is 10.2 Å². The maximum Gasteiger partial charge on any atom is 0.433 e. The molecule has 4 nitrogen and oxygen atoms in total. The van der Waals surface area contributed by atoms with Gasteiger partial charge in [-0.2, -0.15) is 13.2 Å². The van der Waals surface area contributed by atoms with E-state index in [1.165, 1.54) is 6.20 Å². The summed E-state index contributed by atoms with van der Waals surface area (Å²) < 4.78 is 38.2. The van der Waals surface area contributed by atoms with Crippen LogP contribution in [0, 0.1) is 5.92 Å². The van der Waals surface area contributed by atoms with Gasteiger partial charge >= 0.3 is 6.18 Å². The van der Waals surface area contributed by atoms with Gasteiger partial charge in [-0.15, -0.1) is 0 Å². The Balaban J connectivity index is 2.11. The number of anilines is 1. The number of rotatable bonds is 4. The summed E-state index contributed by atoms with van der Waals surface area (Å²) in [6.07, 6.45) is -1.23. The molecule has 1 aromatic heterocycles. The molecule has 0 spiro atoms. The van der Waals surface area contributed by atoms with Crippen LogP contribution >= 0.6 is 0 Å². The number of piperidine rings is 1. The number of hydrogen-bond donors (Lipinski definition) is 1. The van der Waals surface area contributed by atoms with Gasteiger partial charge in [-0.05, 0) is 38.3 Å². The lowest BCUT2D eigenvalue weighted by molar-refractivity contribution is -0.141. The first-order valence-electron chi connectivity index (χ1n) is 7.30. The van der Waals surface area contributed by atoms with Crippen molar-refractivity contribution < 1.29 is 13.2 Å². The minimum Gasteiger partial charge on any atom is -0.340 e. The molecular formula is C14H21F3N4. The molecule has 1 saturated heterocycles. The van der Waals surface area contributed by atoms with Crippen LogP contribution in [0.25, 0.3) is 0 Å². The number of nitrogens with zero attached hydrogens (tertiary/aromatic N) is 3. The third kappa shape index (κ3) is 4.06. The summed E-state index contributed by atoms with van der Waals surface area (Å²) in [5, 5.41) is 3.38. The van der Waals surface area contributed by atoms with Crippen LogP contribution in [-0.4, -0.2) is 35.6 Å². The van der Waals surface area contributed by atoms with Gasteiger partial charge in [0.1, 0.15) is 5.69 Å². The van der Waals surface area contributed by atoms with E-state index in [2.05, 4.69) is 22.2 Å². The zero-order valence-corrected chi connectivity index (χ0v) is 12.3. The second-order valence-electron chi connectivity index (χ2n) is 5.43. The van der Waals surface area contributed by atoms with E-state index >= 15 is 0 Å². The Hall–Kier alpha value is -1.37. The van der Waals surface area contributed by atoms with Crippen LogP contribution in [0.2, 0.25) is 0 Å². The monoisotopic (exact) mass is 302 g/mol. The van der Waals surface area contributed by atoms with Crippen molar-refractivity contribution in [3.8, 4) is 0 Å². The van der Waals surface area contributed by atoms with Crippen molar-refractivity contribution in [1.82, 2.24) is 15.3 Å². The maximum absolute atomic E-state index is 12.7. The molecule has 0 aliphatic carbocycles. The Morgan fingerprint density at radius 2 is 2.24 bits per heavy atom. The first-order valence-corrected chi connectivity index (χ1v) is 7.30. The van der Waals surface area contributed by atoms with Crippen molar-refractivity contribution >= 4 is 5.95 Å². The lowest BCUT2D eigenvalue weighted by Crippen LogP contribution is -2.45. The lowest BCUT2D eigenvalue weighted by Gasteiger charge is -2.36. The van der Waals surface area contributed by atoms with Gasteiger partial charge in [0, 0.05) is 25.3 Å². The molecule has 2 heterocycles. The van der Waals surface area contributed by atoms with E-state index in [-0.39, 0.29) is 5.95 Å². The maximum atomic E-state index is 12.7. The molecule has 0 saturated carbocycles. The quantitative estimate of drug-likeness (QED) is 0.928. The zero-order chi connectivity index (χ0) is 15.5. The molecule has 0 amide bonds. The summed E-state index contributed by atoms with van der Waals surface area (Å²) in [5.41, 5.74) is -0.880. The SMILES string of the molecule is CCNC(C)C1CCCN(c2nccc(C(F)(F)F)n2)C1. The molecule has 21 heavy (non-hydrogen) atoms. The highest BCUT2D eigenvalue weighted by Gasteiger charge is 2.34. The van der Waals surface area contributed by atoms with Crippen LogP contribution in [0.3, 0.4) is 0 Å². The van der Waals surface area contributed by atoms with Crippen molar-refractivity contribution in [1.29, 1.82) is 0 Å². The standard InChI is InChI=1S/C14H21F3N4/c1-3-18-10(2)11-5-4-8-21(9-11)13-19-7-6-12(20-13)14(15,16)17/h6-7,10-11,18H,3-5,8-9H2,1-2H3. The van der Waals surface area contributed by atoms with E-state index < -0.39 is 11.9 Å². The average Bonchev–Trinajstić information content (AvgIpc) is 2.47. The summed E-state index contributed by atoms with van der Waals surface area (Å²) in [7, 11) is 0. The second-order valence-corrected chi connectivity index (χ2v) is 5.43. The number of hydrogen-bond acceptors (Lipinski definition) is 4. The second kappa shape index (κ2) is 6.60. The smallest absolute Gasteiger partial charge is 0.340 e. The van der Waals surface area contributed by atoms with Gasteiger partial charge in [-0.3, -0.25) is 0 Å². The fourth-order valence-electron chi connectivity index (χ4n) is 2.75. The van der Waals surface area contributed by atoms with Crippen molar-refractivity contribution in [3.63, 3.8) is 0 Å². The largest absolute Gasteiger partial charge is 0.433 e. The van der Waals surface area contributed by atoms with Gasteiger partial charge in [-0.1, -0.05) is 6.92 Å². The molecule has 0 radical (unpaired) electrons. The Kier molecular flexibility index (Phi) is 5.03. The van der Waals surface area contributed by atoms with Crippen LogP contribution < -0.4 is 10.2 Å². The summed E-state index contributed by atoms with van der Waals surface area (Å²) in [4.78, 5) is 9.55. The number of halogens is 3. The minimum absolute atomic E-state index is 0.179. The van der Waals surface area contributed by atoms with E-state index in [1.54, 1.807) is 0 Å². The zero-order valence-electron chi connectivity index (χ0n) is 12.3. The van der Waals surface area contributed by atoms with Crippen LogP contribution in [-0.2, 0) is 6.18 Å². The molecule has 0 aromatic carbocycles. The Bertz CT molecular complexity index is 464. The Labute approximate surface area is 122 Å². The molecule has 1 aliphatic rings. The summed E-state index contributed by atoms with van der Waals surface area (Å²) in [5.74, 6) is 0.579. The van der Waals surface area contributed by atoms with Crippen LogP contribution in [0.1, 0.15) is 32.4 Å². The van der Waals surface area contributed by atoms with Crippen molar-refractivity contribution in [2.45, 2.75) is 38.9 Å².